The van der Waals surface area contributed by atoms with Gasteiger partial charge in [0.25, 0.3) is 0 Å². The maximum absolute atomic E-state index is 6.00. The lowest BCUT2D eigenvalue weighted by molar-refractivity contribution is 0.300. The van der Waals surface area contributed by atoms with Gasteiger partial charge in [-0.05, 0) is 43.1 Å². The Labute approximate surface area is 127 Å². The molecule has 0 radical (unpaired) electrons. The van der Waals surface area contributed by atoms with Crippen molar-refractivity contribution in [1.82, 2.24) is 10.3 Å². The summed E-state index contributed by atoms with van der Waals surface area (Å²) in [5, 5.41) is 3.37. The minimum atomic E-state index is 0.583. The average Bonchev–Trinajstić information content (AvgIpc) is 2.52. The van der Waals surface area contributed by atoms with Crippen LogP contribution in [-0.4, -0.2) is 11.5 Å². The predicted octanol–water partition coefficient (Wildman–Crippen LogP) is 3.64. The van der Waals surface area contributed by atoms with Crippen molar-refractivity contribution in [3.63, 3.8) is 0 Å². The third-order valence-electron chi connectivity index (χ3n) is 3.47. The number of pyridine rings is 1. The molecule has 21 heavy (non-hydrogen) atoms. The van der Waals surface area contributed by atoms with Crippen molar-refractivity contribution in [3.05, 3.63) is 58.9 Å². The molecule has 0 fully saturated rings. The first-order valence-corrected chi connectivity index (χ1v) is 7.61. The predicted molar refractivity (Wildman–Crippen MR) is 86.5 cm³/mol. The molecule has 112 valence electrons. The molecule has 0 spiro atoms. The highest BCUT2D eigenvalue weighted by Crippen LogP contribution is 2.20. The first-order valence-electron chi connectivity index (χ1n) is 7.61. The monoisotopic (exact) mass is 284 g/mol. The van der Waals surface area contributed by atoms with Crippen molar-refractivity contribution in [2.45, 2.75) is 40.3 Å². The van der Waals surface area contributed by atoms with E-state index in [1.165, 1.54) is 11.1 Å². The number of ether oxygens (including phenoxy) is 1. The molecule has 1 aromatic carbocycles. The molecule has 0 unspecified atom stereocenters. The minimum Gasteiger partial charge on any atom is -0.487 e. The van der Waals surface area contributed by atoms with Crippen LogP contribution in [0.1, 0.15) is 36.4 Å². The van der Waals surface area contributed by atoms with Crippen LogP contribution >= 0.6 is 0 Å². The highest BCUT2D eigenvalue weighted by atomic mass is 16.5. The van der Waals surface area contributed by atoms with Gasteiger partial charge in [0, 0.05) is 12.2 Å². The normalized spacial score (nSPS) is 10.6. The molecule has 2 rings (SSSR count). The average molecular weight is 284 g/mol. The van der Waals surface area contributed by atoms with Gasteiger partial charge in [-0.3, -0.25) is 4.98 Å². The summed E-state index contributed by atoms with van der Waals surface area (Å²) in [6, 6.07) is 12.4. The summed E-state index contributed by atoms with van der Waals surface area (Å²) in [6.07, 6.45) is 0.885. The smallest absolute Gasteiger partial charge is 0.141 e. The van der Waals surface area contributed by atoms with E-state index in [1.54, 1.807) is 0 Å². The van der Waals surface area contributed by atoms with E-state index in [0.717, 1.165) is 36.6 Å². The molecule has 1 aromatic heterocycles. The molecule has 0 aliphatic carbocycles. The third kappa shape index (κ3) is 4.30. The standard InChI is InChI=1S/C18H24N2O/c1-4-17-18(11-10-14(3)20-17)21-13-16-9-7-6-8-15(16)12-19-5-2/h6-11,19H,4-5,12-13H2,1-3H3. The molecular weight excluding hydrogens is 260 g/mol. The lowest BCUT2D eigenvalue weighted by atomic mass is 10.1. The molecule has 1 N–H and O–H groups in total. The number of aryl methyl sites for hydroxylation is 2. The summed E-state index contributed by atoms with van der Waals surface area (Å²) in [4.78, 5) is 4.54. The van der Waals surface area contributed by atoms with Crippen LogP contribution in [0.4, 0.5) is 0 Å². The lowest BCUT2D eigenvalue weighted by Crippen LogP contribution is -2.14. The fourth-order valence-corrected chi connectivity index (χ4v) is 2.27. The van der Waals surface area contributed by atoms with E-state index in [-0.39, 0.29) is 0 Å². The highest BCUT2D eigenvalue weighted by molar-refractivity contribution is 5.31. The highest BCUT2D eigenvalue weighted by Gasteiger charge is 2.06. The number of hydrogen-bond acceptors (Lipinski definition) is 3. The van der Waals surface area contributed by atoms with Crippen molar-refractivity contribution in [1.29, 1.82) is 0 Å². The van der Waals surface area contributed by atoms with Gasteiger partial charge in [-0.1, -0.05) is 38.1 Å². The Hall–Kier alpha value is -1.87. The van der Waals surface area contributed by atoms with E-state index < -0.39 is 0 Å². The zero-order chi connectivity index (χ0) is 15.1. The zero-order valence-electron chi connectivity index (χ0n) is 13.1. The molecule has 0 amide bonds. The van der Waals surface area contributed by atoms with Gasteiger partial charge >= 0.3 is 0 Å². The van der Waals surface area contributed by atoms with Gasteiger partial charge in [-0.2, -0.15) is 0 Å². The van der Waals surface area contributed by atoms with Crippen LogP contribution in [0.3, 0.4) is 0 Å². The Kier molecular flexibility index (Phi) is 5.76. The van der Waals surface area contributed by atoms with E-state index in [9.17, 15) is 0 Å². The fourth-order valence-electron chi connectivity index (χ4n) is 2.27. The molecule has 0 atom stereocenters. The number of nitrogens with zero attached hydrogens (tertiary/aromatic N) is 1. The van der Waals surface area contributed by atoms with Crippen LogP contribution in [0.25, 0.3) is 0 Å². The van der Waals surface area contributed by atoms with Crippen LogP contribution in [0.15, 0.2) is 36.4 Å². The van der Waals surface area contributed by atoms with Crippen LogP contribution < -0.4 is 10.1 Å². The maximum atomic E-state index is 6.00. The second-order valence-electron chi connectivity index (χ2n) is 5.09. The second-order valence-corrected chi connectivity index (χ2v) is 5.09. The fraction of sp³-hybridized carbons (Fsp3) is 0.389. The quantitative estimate of drug-likeness (QED) is 0.843. The Balaban J connectivity index is 2.09. The largest absolute Gasteiger partial charge is 0.487 e. The van der Waals surface area contributed by atoms with E-state index in [4.69, 9.17) is 4.74 Å². The number of benzene rings is 1. The van der Waals surface area contributed by atoms with Gasteiger partial charge in [0.15, 0.2) is 0 Å². The molecule has 1 heterocycles. The molecule has 0 aliphatic heterocycles. The number of rotatable bonds is 7. The molecule has 3 nitrogen and oxygen atoms in total. The topological polar surface area (TPSA) is 34.1 Å². The molecular formula is C18H24N2O. The number of aromatic nitrogens is 1. The Morgan fingerprint density at radius 2 is 1.81 bits per heavy atom. The molecule has 3 heteroatoms. The van der Waals surface area contributed by atoms with Crippen molar-refractivity contribution < 1.29 is 4.74 Å². The minimum absolute atomic E-state index is 0.583. The van der Waals surface area contributed by atoms with Gasteiger partial charge < -0.3 is 10.1 Å². The van der Waals surface area contributed by atoms with Crippen LogP contribution in [0.5, 0.6) is 5.75 Å². The van der Waals surface area contributed by atoms with E-state index in [1.807, 2.05) is 19.1 Å². The van der Waals surface area contributed by atoms with Gasteiger partial charge in [0.2, 0.25) is 0 Å². The maximum Gasteiger partial charge on any atom is 0.141 e. The summed E-state index contributed by atoms with van der Waals surface area (Å²) in [5.41, 5.74) is 4.57. The molecule has 2 aromatic rings. The Bertz CT molecular complexity index is 581. The molecule has 0 bridgehead atoms. The lowest BCUT2D eigenvalue weighted by Gasteiger charge is -2.13. The van der Waals surface area contributed by atoms with Gasteiger partial charge in [-0.25, -0.2) is 0 Å². The third-order valence-corrected chi connectivity index (χ3v) is 3.47. The molecule has 0 saturated heterocycles. The SMILES string of the molecule is CCNCc1ccccc1COc1ccc(C)nc1CC. The van der Waals surface area contributed by atoms with Crippen LogP contribution in [-0.2, 0) is 19.6 Å². The Morgan fingerprint density at radius 3 is 2.52 bits per heavy atom. The van der Waals surface area contributed by atoms with Crippen molar-refractivity contribution in [2.24, 2.45) is 0 Å². The first kappa shape index (κ1) is 15.5. The molecule has 0 saturated carbocycles. The van der Waals surface area contributed by atoms with Gasteiger partial charge in [0.05, 0.1) is 5.69 Å². The van der Waals surface area contributed by atoms with Crippen LogP contribution in [0, 0.1) is 6.92 Å². The van der Waals surface area contributed by atoms with E-state index in [2.05, 4.69) is 48.4 Å². The summed E-state index contributed by atoms with van der Waals surface area (Å²) >= 11 is 0. The van der Waals surface area contributed by atoms with Crippen molar-refractivity contribution in [3.8, 4) is 5.75 Å². The van der Waals surface area contributed by atoms with Gasteiger partial charge in [-0.15, -0.1) is 0 Å². The van der Waals surface area contributed by atoms with Crippen molar-refractivity contribution >= 4 is 0 Å². The summed E-state index contributed by atoms with van der Waals surface area (Å²) in [5.74, 6) is 0.890. The zero-order valence-corrected chi connectivity index (χ0v) is 13.1. The summed E-state index contributed by atoms with van der Waals surface area (Å²) in [6.45, 7) is 8.66. The second kappa shape index (κ2) is 7.79. The first-order chi connectivity index (χ1) is 10.2. The van der Waals surface area contributed by atoms with Gasteiger partial charge in [0.1, 0.15) is 12.4 Å². The van der Waals surface area contributed by atoms with Crippen molar-refractivity contribution in [2.75, 3.05) is 6.54 Å². The number of hydrogen-bond donors (Lipinski definition) is 1. The summed E-state index contributed by atoms with van der Waals surface area (Å²) in [7, 11) is 0. The molecule has 0 aliphatic rings. The van der Waals surface area contributed by atoms with Crippen LogP contribution in [0.2, 0.25) is 0 Å². The Morgan fingerprint density at radius 1 is 1.05 bits per heavy atom. The summed E-state index contributed by atoms with van der Waals surface area (Å²) < 4.78 is 6.00. The van der Waals surface area contributed by atoms with E-state index in [0.29, 0.717) is 6.61 Å². The van der Waals surface area contributed by atoms with E-state index >= 15 is 0 Å². The number of nitrogens with one attached hydrogen (secondary N) is 1.